The highest BCUT2D eigenvalue weighted by Gasteiger charge is 2.13. The van der Waals surface area contributed by atoms with Gasteiger partial charge in [-0.25, -0.2) is 4.98 Å². The molecule has 0 unspecified atom stereocenters. The number of hydrogen-bond donors (Lipinski definition) is 1. The molecule has 2 heterocycles. The largest absolute Gasteiger partial charge is 0.497 e. The molecule has 9 heteroatoms. The first-order chi connectivity index (χ1) is 17.6. The molecule has 0 saturated carbocycles. The number of hydrogen-bond acceptors (Lipinski definition) is 7. The summed E-state index contributed by atoms with van der Waals surface area (Å²) >= 11 is 0. The molecule has 0 aliphatic heterocycles. The molecule has 36 heavy (non-hydrogen) atoms. The zero-order valence-corrected chi connectivity index (χ0v) is 19.7. The van der Waals surface area contributed by atoms with E-state index in [1.54, 1.807) is 44.8 Å². The van der Waals surface area contributed by atoms with E-state index in [1.807, 2.05) is 59.3 Å². The fourth-order valence-electron chi connectivity index (χ4n) is 3.61. The molecule has 1 N–H and O–H groups in total. The maximum Gasteiger partial charge on any atom is 0.278 e. The zero-order chi connectivity index (χ0) is 24.9. The fourth-order valence-corrected chi connectivity index (χ4v) is 3.61. The summed E-state index contributed by atoms with van der Waals surface area (Å²) in [5.74, 6) is 2.02. The SMILES string of the molecule is COc1ccc(-c2noc(-c3cn(Cc4ccc(NC(=O)c5cccc(OC)c5)cc4)cn3)n2)cc1. The lowest BCUT2D eigenvalue weighted by Gasteiger charge is -2.08. The summed E-state index contributed by atoms with van der Waals surface area (Å²) in [6, 6.07) is 22.1. The van der Waals surface area contributed by atoms with Crippen LogP contribution in [0.1, 0.15) is 15.9 Å². The van der Waals surface area contributed by atoms with Gasteiger partial charge in [0.25, 0.3) is 11.8 Å². The molecule has 0 aliphatic rings. The van der Waals surface area contributed by atoms with Crippen molar-refractivity contribution in [1.29, 1.82) is 0 Å². The molecule has 9 nitrogen and oxygen atoms in total. The van der Waals surface area contributed by atoms with Crippen molar-refractivity contribution in [2.75, 3.05) is 19.5 Å². The highest BCUT2D eigenvalue weighted by Crippen LogP contribution is 2.23. The van der Waals surface area contributed by atoms with Gasteiger partial charge >= 0.3 is 0 Å². The van der Waals surface area contributed by atoms with E-state index in [2.05, 4.69) is 20.4 Å². The van der Waals surface area contributed by atoms with Gasteiger partial charge in [0.2, 0.25) is 5.82 Å². The van der Waals surface area contributed by atoms with E-state index in [0.717, 1.165) is 16.9 Å². The molecule has 5 rings (SSSR count). The number of nitrogens with zero attached hydrogens (tertiary/aromatic N) is 4. The van der Waals surface area contributed by atoms with Crippen LogP contribution < -0.4 is 14.8 Å². The van der Waals surface area contributed by atoms with Crippen LogP contribution in [0.5, 0.6) is 11.5 Å². The highest BCUT2D eigenvalue weighted by atomic mass is 16.5. The summed E-state index contributed by atoms with van der Waals surface area (Å²) in [6.45, 7) is 0.594. The van der Waals surface area contributed by atoms with Gasteiger partial charge in [-0.05, 0) is 60.2 Å². The maximum atomic E-state index is 12.5. The Balaban J connectivity index is 1.22. The van der Waals surface area contributed by atoms with Crippen molar-refractivity contribution in [1.82, 2.24) is 19.7 Å². The summed E-state index contributed by atoms with van der Waals surface area (Å²) in [4.78, 5) is 21.4. The molecule has 3 aromatic carbocycles. The molecule has 1 amide bonds. The van der Waals surface area contributed by atoms with Crippen LogP contribution in [0.25, 0.3) is 23.0 Å². The van der Waals surface area contributed by atoms with Crippen LogP contribution in [0.3, 0.4) is 0 Å². The van der Waals surface area contributed by atoms with E-state index in [-0.39, 0.29) is 5.91 Å². The third-order valence-corrected chi connectivity index (χ3v) is 5.54. The van der Waals surface area contributed by atoms with Gasteiger partial charge < -0.3 is 23.9 Å². The second-order valence-electron chi connectivity index (χ2n) is 7.97. The average molecular weight is 482 g/mol. The van der Waals surface area contributed by atoms with Crippen LogP contribution in [0.4, 0.5) is 5.69 Å². The van der Waals surface area contributed by atoms with Crippen molar-refractivity contribution < 1.29 is 18.8 Å². The lowest BCUT2D eigenvalue weighted by molar-refractivity contribution is 0.102. The first-order valence-corrected chi connectivity index (χ1v) is 11.2. The van der Waals surface area contributed by atoms with Gasteiger partial charge in [0, 0.05) is 29.6 Å². The Bertz CT molecular complexity index is 1470. The minimum absolute atomic E-state index is 0.200. The molecular formula is C27H23N5O4. The molecule has 5 aromatic rings. The molecule has 0 radical (unpaired) electrons. The molecular weight excluding hydrogens is 458 g/mol. The number of methoxy groups -OCH3 is 2. The van der Waals surface area contributed by atoms with Crippen LogP contribution in [0.15, 0.2) is 89.8 Å². The van der Waals surface area contributed by atoms with Gasteiger partial charge in [-0.1, -0.05) is 23.4 Å². The van der Waals surface area contributed by atoms with Crippen LogP contribution in [0, 0.1) is 0 Å². The van der Waals surface area contributed by atoms with Gasteiger partial charge in [0.15, 0.2) is 0 Å². The molecule has 2 aromatic heterocycles. The third-order valence-electron chi connectivity index (χ3n) is 5.54. The number of carbonyl (C=O) groups is 1. The Labute approximate surface area is 207 Å². The van der Waals surface area contributed by atoms with Crippen LogP contribution in [0.2, 0.25) is 0 Å². The Morgan fingerprint density at radius 1 is 0.972 bits per heavy atom. The molecule has 0 aliphatic carbocycles. The van der Waals surface area contributed by atoms with E-state index in [1.165, 1.54) is 0 Å². The second kappa shape index (κ2) is 10.1. The first-order valence-electron chi connectivity index (χ1n) is 11.2. The number of benzene rings is 3. The lowest BCUT2D eigenvalue weighted by Crippen LogP contribution is -2.11. The number of ether oxygens (including phenoxy) is 2. The summed E-state index contributed by atoms with van der Waals surface area (Å²) in [5, 5.41) is 6.96. The summed E-state index contributed by atoms with van der Waals surface area (Å²) in [7, 11) is 3.19. The van der Waals surface area contributed by atoms with Crippen molar-refractivity contribution in [3.8, 4) is 34.5 Å². The zero-order valence-electron chi connectivity index (χ0n) is 19.7. The number of imidazole rings is 1. The van der Waals surface area contributed by atoms with Gasteiger partial charge in [-0.2, -0.15) is 4.98 Å². The van der Waals surface area contributed by atoms with Crippen LogP contribution in [-0.4, -0.2) is 39.8 Å². The number of carbonyl (C=O) groups excluding carboxylic acids is 1. The van der Waals surface area contributed by atoms with E-state index < -0.39 is 0 Å². The van der Waals surface area contributed by atoms with Gasteiger partial charge in [0.1, 0.15) is 17.2 Å². The Morgan fingerprint density at radius 2 is 1.75 bits per heavy atom. The van der Waals surface area contributed by atoms with E-state index in [4.69, 9.17) is 14.0 Å². The second-order valence-corrected chi connectivity index (χ2v) is 7.97. The average Bonchev–Trinajstić information content (AvgIpc) is 3.60. The van der Waals surface area contributed by atoms with Crippen molar-refractivity contribution in [3.63, 3.8) is 0 Å². The van der Waals surface area contributed by atoms with E-state index in [0.29, 0.717) is 41.0 Å². The minimum Gasteiger partial charge on any atom is -0.497 e. The minimum atomic E-state index is -0.200. The number of rotatable bonds is 8. The van der Waals surface area contributed by atoms with Gasteiger partial charge in [0.05, 0.1) is 20.5 Å². The Morgan fingerprint density at radius 3 is 2.50 bits per heavy atom. The monoisotopic (exact) mass is 481 g/mol. The predicted octanol–water partition coefficient (Wildman–Crippen LogP) is 4.92. The molecule has 0 spiro atoms. The first kappa shape index (κ1) is 22.9. The fraction of sp³-hybridized carbons (Fsp3) is 0.111. The molecule has 0 bridgehead atoms. The standard InChI is InChI=1S/C27H23N5O4/c1-34-22-12-8-19(9-13-22)25-30-27(36-31-25)24-16-32(17-28-24)15-18-6-10-21(11-7-18)29-26(33)20-4-3-5-23(14-20)35-2/h3-14,16-17H,15H2,1-2H3,(H,29,33). The Kier molecular flexibility index (Phi) is 6.44. The summed E-state index contributed by atoms with van der Waals surface area (Å²) in [6.07, 6.45) is 3.56. The molecule has 0 saturated heterocycles. The van der Waals surface area contributed by atoms with Crippen molar-refractivity contribution in [3.05, 3.63) is 96.4 Å². The Hall–Kier alpha value is -4.92. The van der Waals surface area contributed by atoms with Gasteiger partial charge in [-0.15, -0.1) is 0 Å². The number of anilines is 1. The van der Waals surface area contributed by atoms with Crippen molar-refractivity contribution in [2.24, 2.45) is 0 Å². The number of amides is 1. The number of aromatic nitrogens is 4. The van der Waals surface area contributed by atoms with Crippen molar-refractivity contribution in [2.45, 2.75) is 6.54 Å². The van der Waals surface area contributed by atoms with Gasteiger partial charge in [-0.3, -0.25) is 4.79 Å². The lowest BCUT2D eigenvalue weighted by atomic mass is 10.1. The topological polar surface area (TPSA) is 104 Å². The smallest absolute Gasteiger partial charge is 0.278 e. The quantitative estimate of drug-likeness (QED) is 0.335. The van der Waals surface area contributed by atoms with Crippen molar-refractivity contribution >= 4 is 11.6 Å². The van der Waals surface area contributed by atoms with E-state index in [9.17, 15) is 4.79 Å². The number of nitrogens with one attached hydrogen (secondary N) is 1. The molecule has 0 atom stereocenters. The predicted molar refractivity (Wildman–Crippen MR) is 134 cm³/mol. The van der Waals surface area contributed by atoms with Crippen LogP contribution >= 0.6 is 0 Å². The van der Waals surface area contributed by atoms with E-state index >= 15 is 0 Å². The normalized spacial score (nSPS) is 10.7. The highest BCUT2D eigenvalue weighted by molar-refractivity contribution is 6.04. The maximum absolute atomic E-state index is 12.5. The summed E-state index contributed by atoms with van der Waals surface area (Å²) < 4.78 is 17.7. The molecule has 180 valence electrons. The molecule has 0 fully saturated rings. The summed E-state index contributed by atoms with van der Waals surface area (Å²) in [5.41, 5.74) is 3.69. The van der Waals surface area contributed by atoms with Crippen LogP contribution in [-0.2, 0) is 6.54 Å². The third kappa shape index (κ3) is 5.10.